The highest BCUT2D eigenvalue weighted by Gasteiger charge is 1.97. The normalized spacial score (nSPS) is 9.38. The lowest BCUT2D eigenvalue weighted by Gasteiger charge is -2.04. The first-order valence-corrected chi connectivity index (χ1v) is 4.56. The molecule has 1 aromatic rings. The van der Waals surface area contributed by atoms with Crippen LogP contribution in [0.5, 0.6) is 0 Å². The van der Waals surface area contributed by atoms with Crippen LogP contribution in [0.2, 0.25) is 0 Å². The molecule has 0 aliphatic rings. The van der Waals surface area contributed by atoms with Crippen LogP contribution in [-0.4, -0.2) is 24.5 Å². The quantitative estimate of drug-likeness (QED) is 0.834. The molecule has 0 saturated heterocycles. The van der Waals surface area contributed by atoms with Crippen molar-refractivity contribution in [1.29, 1.82) is 0 Å². The molecule has 0 aromatic carbocycles. The van der Waals surface area contributed by atoms with E-state index in [9.17, 15) is 4.79 Å². The van der Waals surface area contributed by atoms with Crippen molar-refractivity contribution in [2.45, 2.75) is 0 Å². The topological polar surface area (TPSA) is 54.0 Å². The van der Waals surface area contributed by atoms with Crippen molar-refractivity contribution < 1.29 is 4.79 Å². The zero-order valence-electron chi connectivity index (χ0n) is 7.17. The molecule has 0 unspecified atom stereocenters. The Bertz CT molecular complexity index is 303. The maximum atomic E-state index is 10.9. The van der Waals surface area contributed by atoms with Crippen molar-refractivity contribution in [3.8, 4) is 0 Å². The Morgan fingerprint density at radius 3 is 3.00 bits per heavy atom. The molecule has 0 fully saturated rings. The van der Waals surface area contributed by atoms with Gasteiger partial charge in [0.2, 0.25) is 5.91 Å². The molecule has 70 valence electrons. The first-order chi connectivity index (χ1) is 6.22. The Hall–Kier alpha value is -1.10. The van der Waals surface area contributed by atoms with E-state index in [1.807, 2.05) is 6.07 Å². The van der Waals surface area contributed by atoms with Gasteiger partial charge in [0.05, 0.1) is 18.4 Å². The molecule has 0 radical (unpaired) electrons. The minimum Gasteiger partial charge on any atom is -0.375 e. The summed E-state index contributed by atoms with van der Waals surface area (Å²) in [5, 5.41) is 5.45. The average Bonchev–Trinajstić information content (AvgIpc) is 2.14. The number of nitrogens with one attached hydrogen (secondary N) is 2. The monoisotopic (exact) mass is 243 g/mol. The standard InChI is InChI=1S/C8H10BrN3O/c1-10-8(13)5-12-7-2-6(9)3-11-4-7/h2-4,12H,5H2,1H3,(H,10,13). The Balaban J connectivity index is 2.50. The summed E-state index contributed by atoms with van der Waals surface area (Å²) < 4.78 is 0.884. The molecule has 0 saturated carbocycles. The molecule has 0 bridgehead atoms. The largest absolute Gasteiger partial charge is 0.375 e. The molecule has 5 heteroatoms. The molecule has 0 aliphatic carbocycles. The Labute approximate surface area is 84.9 Å². The lowest BCUT2D eigenvalue weighted by atomic mass is 10.4. The number of anilines is 1. The van der Waals surface area contributed by atoms with Gasteiger partial charge in [0.25, 0.3) is 0 Å². The average molecular weight is 244 g/mol. The van der Waals surface area contributed by atoms with Crippen molar-refractivity contribution in [3.63, 3.8) is 0 Å². The maximum absolute atomic E-state index is 10.9. The zero-order chi connectivity index (χ0) is 9.68. The van der Waals surface area contributed by atoms with E-state index < -0.39 is 0 Å². The second kappa shape index (κ2) is 4.81. The van der Waals surface area contributed by atoms with Crippen LogP contribution in [0, 0.1) is 0 Å². The van der Waals surface area contributed by atoms with Gasteiger partial charge in [-0.05, 0) is 22.0 Å². The van der Waals surface area contributed by atoms with Gasteiger partial charge in [-0.2, -0.15) is 0 Å². The zero-order valence-corrected chi connectivity index (χ0v) is 8.76. The van der Waals surface area contributed by atoms with Crippen molar-refractivity contribution in [1.82, 2.24) is 10.3 Å². The van der Waals surface area contributed by atoms with Crippen LogP contribution in [0.1, 0.15) is 0 Å². The van der Waals surface area contributed by atoms with Crippen molar-refractivity contribution >= 4 is 27.5 Å². The SMILES string of the molecule is CNC(=O)CNc1cncc(Br)c1. The fraction of sp³-hybridized carbons (Fsp3) is 0.250. The van der Waals surface area contributed by atoms with Crippen molar-refractivity contribution in [2.24, 2.45) is 0 Å². The van der Waals surface area contributed by atoms with E-state index in [4.69, 9.17) is 0 Å². The summed E-state index contributed by atoms with van der Waals surface area (Å²) in [6.45, 7) is 0.259. The molecule has 0 spiro atoms. The highest BCUT2D eigenvalue weighted by atomic mass is 79.9. The van der Waals surface area contributed by atoms with E-state index in [1.54, 1.807) is 19.4 Å². The third-order valence-electron chi connectivity index (χ3n) is 1.44. The van der Waals surface area contributed by atoms with Gasteiger partial charge in [-0.3, -0.25) is 9.78 Å². The predicted octanol–water partition coefficient (Wildman–Crippen LogP) is 1.00. The van der Waals surface area contributed by atoms with Crippen molar-refractivity contribution in [3.05, 3.63) is 22.9 Å². The molecule has 1 heterocycles. The molecule has 13 heavy (non-hydrogen) atoms. The van der Waals surface area contributed by atoms with E-state index in [0.717, 1.165) is 10.2 Å². The predicted molar refractivity (Wildman–Crippen MR) is 54.5 cm³/mol. The van der Waals surface area contributed by atoms with Crippen LogP contribution in [-0.2, 0) is 4.79 Å². The molecule has 2 N–H and O–H groups in total. The number of nitrogens with zero attached hydrogens (tertiary/aromatic N) is 1. The lowest BCUT2D eigenvalue weighted by Crippen LogP contribution is -2.26. The van der Waals surface area contributed by atoms with Crippen LogP contribution < -0.4 is 10.6 Å². The van der Waals surface area contributed by atoms with Crippen LogP contribution >= 0.6 is 15.9 Å². The summed E-state index contributed by atoms with van der Waals surface area (Å²) in [4.78, 5) is 14.8. The van der Waals surface area contributed by atoms with E-state index in [0.29, 0.717) is 0 Å². The van der Waals surface area contributed by atoms with Gasteiger partial charge < -0.3 is 10.6 Å². The van der Waals surface area contributed by atoms with E-state index >= 15 is 0 Å². The van der Waals surface area contributed by atoms with Gasteiger partial charge in [-0.1, -0.05) is 0 Å². The number of likely N-dealkylation sites (N-methyl/N-ethyl adjacent to an activating group) is 1. The smallest absolute Gasteiger partial charge is 0.239 e. The number of aromatic nitrogens is 1. The molecule has 0 atom stereocenters. The Morgan fingerprint density at radius 2 is 2.38 bits per heavy atom. The van der Waals surface area contributed by atoms with Gasteiger partial charge in [0, 0.05) is 17.7 Å². The van der Waals surface area contributed by atoms with Crippen LogP contribution in [0.3, 0.4) is 0 Å². The summed E-state index contributed by atoms with van der Waals surface area (Å²) in [5.74, 6) is -0.0556. The maximum Gasteiger partial charge on any atom is 0.239 e. The van der Waals surface area contributed by atoms with Gasteiger partial charge in [0.15, 0.2) is 0 Å². The fourth-order valence-electron chi connectivity index (χ4n) is 0.779. The first kappa shape index (κ1) is 9.98. The number of carbonyl (C=O) groups excluding carboxylic acids is 1. The highest BCUT2D eigenvalue weighted by Crippen LogP contribution is 2.12. The van der Waals surface area contributed by atoms with Crippen molar-refractivity contribution in [2.75, 3.05) is 18.9 Å². The second-order valence-electron chi connectivity index (χ2n) is 2.42. The third-order valence-corrected chi connectivity index (χ3v) is 1.87. The number of carbonyl (C=O) groups is 1. The minimum absolute atomic E-state index is 0.0556. The fourth-order valence-corrected chi connectivity index (χ4v) is 1.14. The number of halogens is 1. The van der Waals surface area contributed by atoms with Gasteiger partial charge in [0.1, 0.15) is 0 Å². The first-order valence-electron chi connectivity index (χ1n) is 3.77. The molecule has 4 nitrogen and oxygen atoms in total. The van der Waals surface area contributed by atoms with Gasteiger partial charge >= 0.3 is 0 Å². The Kier molecular flexibility index (Phi) is 3.70. The van der Waals surface area contributed by atoms with E-state index in [2.05, 4.69) is 31.5 Å². The number of amides is 1. The number of rotatable bonds is 3. The highest BCUT2D eigenvalue weighted by molar-refractivity contribution is 9.10. The summed E-state index contributed by atoms with van der Waals surface area (Å²) in [5.41, 5.74) is 0.818. The van der Waals surface area contributed by atoms with Gasteiger partial charge in [-0.25, -0.2) is 0 Å². The number of hydrogen-bond acceptors (Lipinski definition) is 3. The summed E-state index contributed by atoms with van der Waals surface area (Å²) in [7, 11) is 1.60. The summed E-state index contributed by atoms with van der Waals surface area (Å²) >= 11 is 3.28. The molecular weight excluding hydrogens is 234 g/mol. The van der Waals surface area contributed by atoms with Gasteiger partial charge in [-0.15, -0.1) is 0 Å². The lowest BCUT2D eigenvalue weighted by molar-refractivity contribution is -0.118. The molecule has 1 aromatic heterocycles. The molecular formula is C8H10BrN3O. The van der Waals surface area contributed by atoms with E-state index in [-0.39, 0.29) is 12.5 Å². The van der Waals surface area contributed by atoms with E-state index in [1.165, 1.54) is 0 Å². The molecule has 1 amide bonds. The number of pyridine rings is 1. The molecule has 1 rings (SSSR count). The molecule has 0 aliphatic heterocycles. The Morgan fingerprint density at radius 1 is 1.62 bits per heavy atom. The third kappa shape index (κ3) is 3.42. The minimum atomic E-state index is -0.0556. The van der Waals surface area contributed by atoms with Crippen LogP contribution in [0.25, 0.3) is 0 Å². The second-order valence-corrected chi connectivity index (χ2v) is 3.33. The van der Waals surface area contributed by atoms with Crippen LogP contribution in [0.15, 0.2) is 22.9 Å². The van der Waals surface area contributed by atoms with Crippen LogP contribution in [0.4, 0.5) is 5.69 Å². The summed E-state index contributed by atoms with van der Waals surface area (Å²) in [6, 6.07) is 1.86. The summed E-state index contributed by atoms with van der Waals surface area (Å²) in [6.07, 6.45) is 3.35. The number of hydrogen-bond donors (Lipinski definition) is 2.